The summed E-state index contributed by atoms with van der Waals surface area (Å²) < 4.78 is 14.7. The van der Waals surface area contributed by atoms with Crippen LogP contribution in [0.5, 0.6) is 0 Å². The molecule has 1 rings (SSSR count). The van der Waals surface area contributed by atoms with E-state index in [1.54, 1.807) is 6.92 Å². The van der Waals surface area contributed by atoms with Crippen molar-refractivity contribution in [1.29, 1.82) is 0 Å². The second-order valence-electron chi connectivity index (χ2n) is 2.78. The third-order valence-electron chi connectivity index (χ3n) is 1.50. The molecule has 1 aromatic heterocycles. The topological polar surface area (TPSA) is 74.5 Å². The van der Waals surface area contributed by atoms with Crippen LogP contribution in [0, 0.1) is 0 Å². The van der Waals surface area contributed by atoms with Gasteiger partial charge in [-0.15, -0.1) is 0 Å². The third kappa shape index (κ3) is 3.67. The van der Waals surface area contributed by atoms with Crippen LogP contribution in [0.3, 0.4) is 0 Å². The summed E-state index contributed by atoms with van der Waals surface area (Å²) in [6, 6.07) is 0. The maximum Gasteiger partial charge on any atom is 0.379 e. The van der Waals surface area contributed by atoms with Gasteiger partial charge in [-0.2, -0.15) is 4.98 Å². The molecule has 0 aliphatic heterocycles. The zero-order chi connectivity index (χ0) is 11.1. The van der Waals surface area contributed by atoms with Crippen LogP contribution < -0.4 is 0 Å². The largest absolute Gasteiger partial charge is 0.460 e. The fraction of sp³-hybridized carbons (Fsp3) is 0.667. The molecule has 0 aliphatic carbocycles. The highest BCUT2D eigenvalue weighted by Crippen LogP contribution is 2.01. The fourth-order valence-electron chi connectivity index (χ4n) is 0.896. The van der Waals surface area contributed by atoms with Gasteiger partial charge in [-0.05, 0) is 18.5 Å². The molecule has 0 aliphatic rings. The van der Waals surface area contributed by atoms with E-state index in [4.69, 9.17) is 14.0 Å². The summed E-state index contributed by atoms with van der Waals surface area (Å²) >= 11 is 0. The molecule has 0 aromatic carbocycles. The standard InChI is InChI=1S/C9H14N2O4/c1-3-5-13-6-7-10-8(11-15-7)9(12)14-4-2/h3-6H2,1-2H3. The van der Waals surface area contributed by atoms with Crippen molar-refractivity contribution in [3.8, 4) is 0 Å². The van der Waals surface area contributed by atoms with Crippen LogP contribution in [-0.2, 0) is 16.1 Å². The lowest BCUT2D eigenvalue weighted by Crippen LogP contribution is -2.06. The summed E-state index contributed by atoms with van der Waals surface area (Å²) in [6.45, 7) is 4.84. The Balaban J connectivity index is 2.45. The second kappa shape index (κ2) is 6.13. The van der Waals surface area contributed by atoms with Crippen molar-refractivity contribution >= 4 is 5.97 Å². The van der Waals surface area contributed by atoms with Crippen molar-refractivity contribution in [3.05, 3.63) is 11.7 Å². The molecule has 6 nitrogen and oxygen atoms in total. The van der Waals surface area contributed by atoms with Crippen LogP contribution >= 0.6 is 0 Å². The number of ether oxygens (including phenoxy) is 2. The molecule has 1 aromatic rings. The van der Waals surface area contributed by atoms with Crippen LogP contribution in [0.1, 0.15) is 36.8 Å². The zero-order valence-corrected chi connectivity index (χ0v) is 8.86. The SMILES string of the molecule is CCCOCc1nc(C(=O)OCC)no1. The Labute approximate surface area is 87.6 Å². The molecule has 0 saturated heterocycles. The van der Waals surface area contributed by atoms with Crippen LogP contribution in [0.25, 0.3) is 0 Å². The van der Waals surface area contributed by atoms with Crippen molar-refractivity contribution in [2.24, 2.45) is 0 Å². The molecule has 0 atom stereocenters. The molecule has 0 spiro atoms. The van der Waals surface area contributed by atoms with E-state index >= 15 is 0 Å². The molecule has 6 heteroatoms. The Morgan fingerprint density at radius 3 is 2.93 bits per heavy atom. The van der Waals surface area contributed by atoms with Gasteiger partial charge in [0.15, 0.2) is 0 Å². The predicted molar refractivity (Wildman–Crippen MR) is 50.2 cm³/mol. The number of carbonyl (C=O) groups excluding carboxylic acids is 1. The van der Waals surface area contributed by atoms with Crippen LogP contribution in [-0.4, -0.2) is 29.3 Å². The number of hydrogen-bond acceptors (Lipinski definition) is 6. The van der Waals surface area contributed by atoms with Gasteiger partial charge in [-0.1, -0.05) is 6.92 Å². The first-order valence-electron chi connectivity index (χ1n) is 4.85. The van der Waals surface area contributed by atoms with Crippen molar-refractivity contribution in [1.82, 2.24) is 10.1 Å². The Morgan fingerprint density at radius 1 is 1.47 bits per heavy atom. The molecule has 0 radical (unpaired) electrons. The quantitative estimate of drug-likeness (QED) is 0.522. The minimum absolute atomic E-state index is 0.0630. The minimum atomic E-state index is -0.581. The summed E-state index contributed by atoms with van der Waals surface area (Å²) in [5, 5.41) is 3.47. The maximum absolute atomic E-state index is 11.1. The van der Waals surface area contributed by atoms with E-state index in [1.165, 1.54) is 0 Å². The van der Waals surface area contributed by atoms with Crippen LogP contribution in [0.15, 0.2) is 4.52 Å². The molecule has 0 saturated carbocycles. The van der Waals surface area contributed by atoms with E-state index in [-0.39, 0.29) is 24.9 Å². The van der Waals surface area contributed by atoms with Gasteiger partial charge in [-0.3, -0.25) is 0 Å². The number of carbonyl (C=O) groups is 1. The van der Waals surface area contributed by atoms with E-state index in [0.29, 0.717) is 6.61 Å². The normalized spacial score (nSPS) is 10.3. The molecule has 0 bridgehead atoms. The first-order valence-corrected chi connectivity index (χ1v) is 4.85. The van der Waals surface area contributed by atoms with Crippen molar-refractivity contribution < 1.29 is 18.8 Å². The van der Waals surface area contributed by atoms with Crippen molar-refractivity contribution in [2.45, 2.75) is 26.9 Å². The van der Waals surface area contributed by atoms with E-state index in [0.717, 1.165) is 6.42 Å². The van der Waals surface area contributed by atoms with Crippen molar-refractivity contribution in [2.75, 3.05) is 13.2 Å². The van der Waals surface area contributed by atoms with E-state index < -0.39 is 5.97 Å². The molecular formula is C9H14N2O4. The summed E-state index contributed by atoms with van der Waals surface area (Å²) in [7, 11) is 0. The second-order valence-corrected chi connectivity index (χ2v) is 2.78. The predicted octanol–water partition coefficient (Wildman–Crippen LogP) is 1.17. The summed E-state index contributed by atoms with van der Waals surface area (Å²) in [5.74, 6) is -0.360. The lowest BCUT2D eigenvalue weighted by Gasteiger charge is -1.95. The van der Waals surface area contributed by atoms with Crippen molar-refractivity contribution in [3.63, 3.8) is 0 Å². The molecule has 0 fully saturated rings. The van der Waals surface area contributed by atoms with Gasteiger partial charge in [0.2, 0.25) is 0 Å². The van der Waals surface area contributed by atoms with Gasteiger partial charge in [0.25, 0.3) is 11.7 Å². The average molecular weight is 214 g/mol. The molecular weight excluding hydrogens is 200 g/mol. The lowest BCUT2D eigenvalue weighted by atomic mass is 10.5. The monoisotopic (exact) mass is 214 g/mol. The molecule has 15 heavy (non-hydrogen) atoms. The number of nitrogens with zero attached hydrogens (tertiary/aromatic N) is 2. The first kappa shape index (κ1) is 11.6. The molecule has 84 valence electrons. The number of hydrogen-bond donors (Lipinski definition) is 0. The first-order chi connectivity index (χ1) is 7.27. The van der Waals surface area contributed by atoms with Gasteiger partial charge in [0.1, 0.15) is 6.61 Å². The third-order valence-corrected chi connectivity index (χ3v) is 1.50. The average Bonchev–Trinajstić information content (AvgIpc) is 2.67. The van der Waals surface area contributed by atoms with E-state index in [2.05, 4.69) is 10.1 Å². The number of aromatic nitrogens is 2. The Hall–Kier alpha value is -1.43. The highest BCUT2D eigenvalue weighted by Gasteiger charge is 2.15. The van der Waals surface area contributed by atoms with Gasteiger partial charge >= 0.3 is 5.97 Å². The Morgan fingerprint density at radius 2 is 2.27 bits per heavy atom. The highest BCUT2D eigenvalue weighted by molar-refractivity contribution is 5.84. The summed E-state index contributed by atoms with van der Waals surface area (Å²) in [6.07, 6.45) is 0.916. The Bertz CT molecular complexity index is 311. The van der Waals surface area contributed by atoms with Gasteiger partial charge in [0, 0.05) is 6.61 Å². The fourth-order valence-corrected chi connectivity index (χ4v) is 0.896. The smallest absolute Gasteiger partial charge is 0.379 e. The summed E-state index contributed by atoms with van der Waals surface area (Å²) in [5.41, 5.74) is 0. The Kier molecular flexibility index (Phi) is 4.76. The van der Waals surface area contributed by atoms with Crippen LogP contribution in [0.4, 0.5) is 0 Å². The highest BCUT2D eigenvalue weighted by atomic mass is 16.5. The van der Waals surface area contributed by atoms with Gasteiger partial charge in [-0.25, -0.2) is 4.79 Å². The molecule has 0 unspecified atom stereocenters. The number of esters is 1. The zero-order valence-electron chi connectivity index (χ0n) is 8.86. The maximum atomic E-state index is 11.1. The molecule has 1 heterocycles. The van der Waals surface area contributed by atoms with E-state index in [9.17, 15) is 4.79 Å². The lowest BCUT2D eigenvalue weighted by molar-refractivity contribution is 0.0508. The number of rotatable bonds is 6. The summed E-state index contributed by atoms with van der Waals surface area (Å²) in [4.78, 5) is 15.0. The van der Waals surface area contributed by atoms with Gasteiger partial charge in [0.05, 0.1) is 6.61 Å². The minimum Gasteiger partial charge on any atom is -0.460 e. The van der Waals surface area contributed by atoms with E-state index in [1.807, 2.05) is 6.92 Å². The molecule has 0 amide bonds. The van der Waals surface area contributed by atoms with Gasteiger partial charge < -0.3 is 14.0 Å². The molecule has 0 N–H and O–H groups in total. The van der Waals surface area contributed by atoms with Crippen LogP contribution in [0.2, 0.25) is 0 Å².